The molecule has 3 heteroatoms. The van der Waals surface area contributed by atoms with Gasteiger partial charge in [0.1, 0.15) is 6.29 Å². The van der Waals surface area contributed by atoms with Crippen LogP contribution in [0.15, 0.2) is 24.3 Å². The SMILES string of the molecule is CC(=O)[B]C(c1cccc(C=O)c1)C(C)C. The van der Waals surface area contributed by atoms with Crippen LogP contribution in [0.2, 0.25) is 0 Å². The second-order valence-corrected chi connectivity index (χ2v) is 4.34. The van der Waals surface area contributed by atoms with Gasteiger partial charge in [-0.05, 0) is 24.7 Å². The van der Waals surface area contributed by atoms with Gasteiger partial charge in [-0.15, -0.1) is 0 Å². The zero-order valence-electron chi connectivity index (χ0n) is 9.94. The van der Waals surface area contributed by atoms with E-state index in [0.717, 1.165) is 11.8 Å². The third kappa shape index (κ3) is 3.33. The molecule has 83 valence electrons. The van der Waals surface area contributed by atoms with Gasteiger partial charge in [-0.3, -0.25) is 4.79 Å². The van der Waals surface area contributed by atoms with Gasteiger partial charge < -0.3 is 4.79 Å². The standard InChI is InChI=1S/C13H16BO2/c1-9(2)13(14-10(3)16)12-6-4-5-11(7-12)8-15/h4-9,13H,1-3H3. The summed E-state index contributed by atoms with van der Waals surface area (Å²) >= 11 is 0. The molecule has 2 nitrogen and oxygen atoms in total. The van der Waals surface area contributed by atoms with Crippen molar-refractivity contribution in [3.8, 4) is 0 Å². The van der Waals surface area contributed by atoms with Gasteiger partial charge in [0.2, 0.25) is 7.28 Å². The Morgan fingerprint density at radius 3 is 2.56 bits per heavy atom. The molecule has 1 rings (SSSR count). The molecular weight excluding hydrogens is 199 g/mol. The molecule has 0 spiro atoms. The van der Waals surface area contributed by atoms with E-state index in [2.05, 4.69) is 13.8 Å². The zero-order valence-corrected chi connectivity index (χ0v) is 9.94. The quantitative estimate of drug-likeness (QED) is 0.558. The monoisotopic (exact) mass is 215 g/mol. The van der Waals surface area contributed by atoms with Crippen molar-refractivity contribution in [2.24, 2.45) is 5.92 Å². The van der Waals surface area contributed by atoms with Gasteiger partial charge in [-0.1, -0.05) is 37.6 Å². The lowest BCUT2D eigenvalue weighted by atomic mass is 9.55. The highest BCUT2D eigenvalue weighted by Crippen LogP contribution is 2.23. The van der Waals surface area contributed by atoms with Crippen LogP contribution in [0.25, 0.3) is 0 Å². The molecular formula is C13H16BO2. The Hall–Kier alpha value is -1.38. The average Bonchev–Trinajstić information content (AvgIpc) is 2.25. The minimum atomic E-state index is 0.0650. The maximum Gasteiger partial charge on any atom is 0.210 e. The summed E-state index contributed by atoms with van der Waals surface area (Å²) < 4.78 is 0. The normalized spacial score (nSPS) is 12.2. The van der Waals surface area contributed by atoms with Crippen molar-refractivity contribution >= 4 is 19.2 Å². The van der Waals surface area contributed by atoms with Crippen LogP contribution < -0.4 is 0 Å². The van der Waals surface area contributed by atoms with E-state index in [1.54, 1.807) is 20.3 Å². The molecule has 1 atom stereocenters. The third-order valence-electron chi connectivity index (χ3n) is 2.56. The van der Waals surface area contributed by atoms with Gasteiger partial charge in [0.15, 0.2) is 0 Å². The highest BCUT2D eigenvalue weighted by atomic mass is 16.1. The Balaban J connectivity index is 3.00. The summed E-state index contributed by atoms with van der Waals surface area (Å²) in [6, 6.07) is 7.41. The maximum atomic E-state index is 11.2. The van der Waals surface area contributed by atoms with Crippen molar-refractivity contribution in [2.75, 3.05) is 0 Å². The topological polar surface area (TPSA) is 34.1 Å². The molecule has 0 amide bonds. The minimum Gasteiger partial charge on any atom is -0.312 e. The first-order chi connectivity index (χ1) is 7.54. The molecule has 0 bridgehead atoms. The van der Waals surface area contributed by atoms with E-state index in [-0.39, 0.29) is 11.5 Å². The van der Waals surface area contributed by atoms with Crippen molar-refractivity contribution in [3.05, 3.63) is 35.4 Å². The molecule has 1 aromatic carbocycles. The van der Waals surface area contributed by atoms with Crippen LogP contribution in [0.3, 0.4) is 0 Å². The van der Waals surface area contributed by atoms with Gasteiger partial charge in [0, 0.05) is 5.56 Å². The molecule has 0 aliphatic heterocycles. The van der Waals surface area contributed by atoms with Gasteiger partial charge in [0.25, 0.3) is 0 Å². The molecule has 0 saturated carbocycles. The Morgan fingerprint density at radius 1 is 1.38 bits per heavy atom. The molecule has 0 N–H and O–H groups in total. The minimum absolute atomic E-state index is 0.0650. The Kier molecular flexibility index (Phi) is 4.47. The van der Waals surface area contributed by atoms with Gasteiger partial charge in [0.05, 0.1) is 5.68 Å². The van der Waals surface area contributed by atoms with Crippen molar-refractivity contribution in [1.29, 1.82) is 0 Å². The smallest absolute Gasteiger partial charge is 0.210 e. The van der Waals surface area contributed by atoms with Crippen LogP contribution in [0.1, 0.15) is 42.5 Å². The van der Waals surface area contributed by atoms with E-state index in [9.17, 15) is 9.59 Å². The fourth-order valence-corrected chi connectivity index (χ4v) is 1.77. The number of aldehydes is 1. The van der Waals surface area contributed by atoms with Crippen LogP contribution in [-0.4, -0.2) is 19.2 Å². The molecule has 0 aromatic heterocycles. The molecule has 1 unspecified atom stereocenters. The number of rotatable bonds is 5. The second kappa shape index (κ2) is 5.64. The first-order valence-electron chi connectivity index (χ1n) is 5.45. The lowest BCUT2D eigenvalue weighted by Crippen LogP contribution is -2.20. The summed E-state index contributed by atoms with van der Waals surface area (Å²) in [5, 5.41) is 0. The van der Waals surface area contributed by atoms with E-state index in [4.69, 9.17) is 0 Å². The van der Waals surface area contributed by atoms with Crippen molar-refractivity contribution in [1.82, 2.24) is 0 Å². The van der Waals surface area contributed by atoms with Gasteiger partial charge >= 0.3 is 0 Å². The first-order valence-corrected chi connectivity index (χ1v) is 5.45. The number of carbonyl (C=O) groups is 2. The molecule has 1 aromatic rings. The number of carbonyl (C=O) groups excluding carboxylic acids is 2. The molecule has 0 heterocycles. The van der Waals surface area contributed by atoms with Crippen LogP contribution in [0.5, 0.6) is 0 Å². The molecule has 0 aliphatic rings. The van der Waals surface area contributed by atoms with E-state index >= 15 is 0 Å². The summed E-state index contributed by atoms with van der Waals surface area (Å²) in [6.07, 6.45) is 0.828. The maximum absolute atomic E-state index is 11.2. The molecule has 0 saturated heterocycles. The Morgan fingerprint density at radius 2 is 2.06 bits per heavy atom. The Labute approximate surface area is 97.3 Å². The summed E-state index contributed by atoms with van der Waals surface area (Å²) in [6.45, 7) is 5.69. The number of hydrogen-bond acceptors (Lipinski definition) is 2. The van der Waals surface area contributed by atoms with Crippen molar-refractivity contribution in [2.45, 2.75) is 26.6 Å². The summed E-state index contributed by atoms with van der Waals surface area (Å²) in [4.78, 5) is 21.9. The highest BCUT2D eigenvalue weighted by Gasteiger charge is 2.19. The predicted octanol–water partition coefficient (Wildman–Crippen LogP) is 2.45. The van der Waals surface area contributed by atoms with Crippen LogP contribution in [-0.2, 0) is 4.79 Å². The lowest BCUT2D eigenvalue weighted by molar-refractivity contribution is -0.110. The number of hydrogen-bond donors (Lipinski definition) is 0. The van der Waals surface area contributed by atoms with Crippen molar-refractivity contribution < 1.29 is 9.59 Å². The van der Waals surface area contributed by atoms with E-state index in [1.165, 1.54) is 0 Å². The average molecular weight is 215 g/mol. The summed E-state index contributed by atoms with van der Waals surface area (Å²) in [5.41, 5.74) is 1.74. The lowest BCUT2D eigenvalue weighted by Gasteiger charge is -2.19. The fraction of sp³-hybridized carbons (Fsp3) is 0.385. The Bertz CT molecular complexity index is 385. The number of benzene rings is 1. The molecule has 0 aliphatic carbocycles. The summed E-state index contributed by atoms with van der Waals surface area (Å²) in [7, 11) is 1.72. The van der Waals surface area contributed by atoms with Crippen LogP contribution in [0.4, 0.5) is 0 Å². The van der Waals surface area contributed by atoms with Crippen LogP contribution >= 0.6 is 0 Å². The van der Waals surface area contributed by atoms with E-state index in [1.807, 2.05) is 18.2 Å². The van der Waals surface area contributed by atoms with E-state index < -0.39 is 0 Å². The highest BCUT2D eigenvalue weighted by molar-refractivity contribution is 6.74. The predicted molar refractivity (Wildman–Crippen MR) is 65.8 cm³/mol. The largest absolute Gasteiger partial charge is 0.312 e. The zero-order chi connectivity index (χ0) is 12.1. The molecule has 0 fully saturated rings. The summed E-state index contributed by atoms with van der Waals surface area (Å²) in [5.74, 6) is 0.420. The van der Waals surface area contributed by atoms with Gasteiger partial charge in [-0.25, -0.2) is 0 Å². The van der Waals surface area contributed by atoms with Crippen LogP contribution in [0, 0.1) is 5.92 Å². The first kappa shape index (κ1) is 12.7. The molecule has 1 radical (unpaired) electrons. The third-order valence-corrected chi connectivity index (χ3v) is 2.56. The van der Waals surface area contributed by atoms with E-state index in [0.29, 0.717) is 11.5 Å². The van der Waals surface area contributed by atoms with Crippen molar-refractivity contribution in [3.63, 3.8) is 0 Å². The fourth-order valence-electron chi connectivity index (χ4n) is 1.77. The second-order valence-electron chi connectivity index (χ2n) is 4.34. The van der Waals surface area contributed by atoms with Gasteiger partial charge in [-0.2, -0.15) is 0 Å². The molecule has 16 heavy (non-hydrogen) atoms.